The Balaban J connectivity index is 1.09. The van der Waals surface area contributed by atoms with E-state index in [1.165, 1.54) is 40.3 Å². The van der Waals surface area contributed by atoms with Crippen molar-refractivity contribution in [3.05, 3.63) is 65.5 Å². The van der Waals surface area contributed by atoms with Crippen molar-refractivity contribution in [2.75, 3.05) is 19.8 Å². The third kappa shape index (κ3) is 3.21. The molecule has 3 aliphatic carbocycles. The van der Waals surface area contributed by atoms with E-state index in [9.17, 15) is 5.11 Å². The van der Waals surface area contributed by atoms with Gasteiger partial charge >= 0.3 is 0 Å². The average Bonchev–Trinajstić information content (AvgIpc) is 3.41. The van der Waals surface area contributed by atoms with E-state index in [1.54, 1.807) is 0 Å². The van der Waals surface area contributed by atoms with Crippen molar-refractivity contribution in [3.8, 4) is 0 Å². The van der Waals surface area contributed by atoms with Crippen LogP contribution in [0.15, 0.2) is 60.0 Å². The van der Waals surface area contributed by atoms with Gasteiger partial charge in [-0.3, -0.25) is 4.98 Å². The third-order valence-corrected chi connectivity index (χ3v) is 11.2. The molecule has 2 saturated carbocycles. The Morgan fingerprint density at radius 2 is 2.03 bits per heavy atom. The van der Waals surface area contributed by atoms with E-state index in [0.717, 1.165) is 38.5 Å². The monoisotopic (exact) mass is 498 g/mol. The second-order valence-electron chi connectivity index (χ2n) is 13.2. The number of hydrogen-bond acceptors (Lipinski definition) is 5. The summed E-state index contributed by atoms with van der Waals surface area (Å²) >= 11 is 0. The smallest absolute Gasteiger partial charge is 0.123 e. The van der Waals surface area contributed by atoms with Gasteiger partial charge in [-0.2, -0.15) is 0 Å². The van der Waals surface area contributed by atoms with Gasteiger partial charge in [-0.05, 0) is 103 Å². The SMILES string of the molecule is C[C@]12CC=C3C=C4CC[C@H](NCC5(O)COC5)C[C@]45CC[C@]3(O5)[C@@H]1CCC2c1ccc2ccncc2c1. The molecule has 1 unspecified atom stereocenters. The highest BCUT2D eigenvalue weighted by Crippen LogP contribution is 2.69. The number of hydrogen-bond donors (Lipinski definition) is 2. The van der Waals surface area contributed by atoms with Crippen LogP contribution in [0.1, 0.15) is 69.8 Å². The lowest BCUT2D eigenvalue weighted by atomic mass is 9.58. The molecule has 4 heterocycles. The van der Waals surface area contributed by atoms with Gasteiger partial charge in [-0.15, -0.1) is 0 Å². The fraction of sp³-hybridized carbons (Fsp3) is 0.594. The molecular weight excluding hydrogens is 460 g/mol. The van der Waals surface area contributed by atoms with Crippen molar-refractivity contribution in [2.45, 2.75) is 87.1 Å². The molecule has 0 radical (unpaired) electrons. The molecule has 1 aromatic heterocycles. The van der Waals surface area contributed by atoms with Crippen LogP contribution in [-0.4, -0.2) is 52.7 Å². The number of benzene rings is 1. The van der Waals surface area contributed by atoms with Crippen LogP contribution in [0.25, 0.3) is 10.8 Å². The van der Waals surface area contributed by atoms with E-state index >= 15 is 0 Å². The van der Waals surface area contributed by atoms with Gasteiger partial charge in [0.15, 0.2) is 0 Å². The Hall–Kier alpha value is -2.05. The van der Waals surface area contributed by atoms with E-state index in [-0.39, 0.29) is 16.6 Å². The zero-order valence-electron chi connectivity index (χ0n) is 21.8. The highest BCUT2D eigenvalue weighted by molar-refractivity contribution is 5.82. The van der Waals surface area contributed by atoms with Crippen LogP contribution in [0, 0.1) is 11.3 Å². The summed E-state index contributed by atoms with van der Waals surface area (Å²) in [4.78, 5) is 4.38. The van der Waals surface area contributed by atoms with Crippen LogP contribution in [0.4, 0.5) is 0 Å². The standard InChI is InChI=1S/C32H38N2O3/c1-29-10-8-25-15-24-4-5-26(34-18-30(35)19-36-20-30)16-31(24)11-12-32(25,37-31)28(29)7-6-27(29)22-3-2-21-9-13-33-17-23(21)14-22/h2-3,8-9,13-15,17,26-28,34-35H,4-7,10-12,16,18-20H2,1H3/t26-,27?,28+,29+,31+,32+/m0/s1. The Bertz CT molecular complexity index is 1330. The van der Waals surface area contributed by atoms with E-state index in [4.69, 9.17) is 9.47 Å². The summed E-state index contributed by atoms with van der Waals surface area (Å²) in [7, 11) is 0. The predicted molar refractivity (Wildman–Crippen MR) is 143 cm³/mol. The lowest BCUT2D eigenvalue weighted by molar-refractivity contribution is -0.177. The van der Waals surface area contributed by atoms with Crippen LogP contribution >= 0.6 is 0 Å². The van der Waals surface area contributed by atoms with E-state index in [0.29, 0.717) is 37.6 Å². The van der Waals surface area contributed by atoms with Gasteiger partial charge < -0.3 is 19.9 Å². The minimum absolute atomic E-state index is 0.128. The van der Waals surface area contributed by atoms with Crippen LogP contribution in [-0.2, 0) is 9.47 Å². The number of allylic oxidation sites excluding steroid dienone is 1. The number of fused-ring (bicyclic) bond motifs is 2. The van der Waals surface area contributed by atoms with Crippen molar-refractivity contribution in [2.24, 2.45) is 11.3 Å². The fourth-order valence-electron chi connectivity index (χ4n) is 9.22. The first-order valence-electron chi connectivity index (χ1n) is 14.4. The average molecular weight is 499 g/mol. The molecule has 1 aromatic carbocycles. The molecule has 4 fully saturated rings. The first-order valence-corrected chi connectivity index (χ1v) is 14.4. The number of nitrogens with one attached hydrogen (secondary N) is 1. The molecule has 37 heavy (non-hydrogen) atoms. The van der Waals surface area contributed by atoms with Crippen molar-refractivity contribution >= 4 is 10.8 Å². The summed E-state index contributed by atoms with van der Waals surface area (Å²) in [5.41, 5.74) is 3.73. The second-order valence-corrected chi connectivity index (χ2v) is 13.2. The summed E-state index contributed by atoms with van der Waals surface area (Å²) in [6.07, 6.45) is 18.1. The van der Waals surface area contributed by atoms with Crippen molar-refractivity contribution in [3.63, 3.8) is 0 Å². The summed E-state index contributed by atoms with van der Waals surface area (Å²) in [5, 5.41) is 16.7. The number of ether oxygens (including phenoxy) is 2. The Morgan fingerprint density at radius 1 is 1.11 bits per heavy atom. The maximum absolute atomic E-state index is 10.5. The minimum Gasteiger partial charge on any atom is -0.384 e. The predicted octanol–water partition coefficient (Wildman–Crippen LogP) is 5.20. The molecule has 2 aromatic rings. The summed E-state index contributed by atoms with van der Waals surface area (Å²) in [5.74, 6) is 1.10. The highest BCUT2D eigenvalue weighted by atomic mass is 16.5. The molecule has 0 amide bonds. The summed E-state index contributed by atoms with van der Waals surface area (Å²) in [6, 6.07) is 9.54. The molecule has 5 nitrogen and oxygen atoms in total. The maximum atomic E-state index is 10.5. The van der Waals surface area contributed by atoms with Gasteiger partial charge in [0.05, 0.1) is 24.4 Å². The topological polar surface area (TPSA) is 63.6 Å². The third-order valence-electron chi connectivity index (χ3n) is 11.2. The second kappa shape index (κ2) is 7.75. The Labute approximate surface area is 219 Å². The van der Waals surface area contributed by atoms with Gasteiger partial charge in [-0.1, -0.05) is 31.2 Å². The molecule has 6 aliphatic rings. The molecule has 6 atom stereocenters. The fourth-order valence-corrected chi connectivity index (χ4v) is 9.22. The van der Waals surface area contributed by atoms with Crippen LogP contribution < -0.4 is 5.32 Å². The molecule has 2 spiro atoms. The first-order chi connectivity index (χ1) is 17.9. The van der Waals surface area contributed by atoms with Crippen molar-refractivity contribution in [1.29, 1.82) is 0 Å². The number of pyridine rings is 1. The van der Waals surface area contributed by atoms with Crippen LogP contribution in [0.2, 0.25) is 0 Å². The molecular formula is C32H38N2O3. The molecule has 2 bridgehead atoms. The number of aromatic nitrogens is 1. The first kappa shape index (κ1) is 22.9. The quantitative estimate of drug-likeness (QED) is 0.607. The summed E-state index contributed by atoms with van der Waals surface area (Å²) in [6.45, 7) is 4.07. The van der Waals surface area contributed by atoms with Crippen LogP contribution in [0.5, 0.6) is 0 Å². The zero-order valence-corrected chi connectivity index (χ0v) is 21.8. The number of rotatable bonds is 4. The van der Waals surface area contributed by atoms with Crippen LogP contribution in [0.3, 0.4) is 0 Å². The minimum atomic E-state index is -0.684. The lowest BCUT2D eigenvalue weighted by Crippen LogP contribution is -2.59. The van der Waals surface area contributed by atoms with Gasteiger partial charge in [0.25, 0.3) is 0 Å². The molecule has 8 rings (SSSR count). The van der Waals surface area contributed by atoms with Gasteiger partial charge in [-0.25, -0.2) is 0 Å². The number of aliphatic hydroxyl groups is 1. The van der Waals surface area contributed by atoms with E-state index in [2.05, 4.69) is 53.6 Å². The largest absolute Gasteiger partial charge is 0.384 e. The Morgan fingerprint density at radius 3 is 2.89 bits per heavy atom. The van der Waals surface area contributed by atoms with Gasteiger partial charge in [0.2, 0.25) is 0 Å². The highest BCUT2D eigenvalue weighted by Gasteiger charge is 2.66. The molecule has 3 aliphatic heterocycles. The van der Waals surface area contributed by atoms with E-state index in [1.807, 2.05) is 12.4 Å². The molecule has 5 heteroatoms. The van der Waals surface area contributed by atoms with Gasteiger partial charge in [0, 0.05) is 30.4 Å². The number of nitrogens with zero attached hydrogens (tertiary/aromatic N) is 1. The maximum Gasteiger partial charge on any atom is 0.123 e. The zero-order chi connectivity index (χ0) is 24.9. The van der Waals surface area contributed by atoms with Crippen molar-refractivity contribution in [1.82, 2.24) is 10.3 Å². The Kier molecular flexibility index (Phi) is 4.80. The molecule has 2 N–H and O–H groups in total. The normalized spacial score (nSPS) is 41.3. The van der Waals surface area contributed by atoms with Gasteiger partial charge in [0.1, 0.15) is 5.60 Å². The lowest BCUT2D eigenvalue weighted by Gasteiger charge is -2.54. The molecule has 2 saturated heterocycles. The summed E-state index contributed by atoms with van der Waals surface area (Å²) < 4.78 is 12.7. The van der Waals surface area contributed by atoms with Crippen molar-refractivity contribution < 1.29 is 14.6 Å². The molecule has 194 valence electrons. The van der Waals surface area contributed by atoms with E-state index < -0.39 is 5.60 Å².